The SMILES string of the molecule is COc1ccc(-c2csc(NC(=O)CCSc3nnc4cc(C)c5cccc(C)c5n34)c2C#N)cc1. The molecule has 0 unspecified atom stereocenters. The molecule has 36 heavy (non-hydrogen) atoms. The van der Waals surface area contributed by atoms with Crippen LogP contribution in [0, 0.1) is 25.2 Å². The van der Waals surface area contributed by atoms with Crippen LogP contribution in [0.2, 0.25) is 0 Å². The summed E-state index contributed by atoms with van der Waals surface area (Å²) in [5, 5.41) is 25.8. The molecule has 7 nitrogen and oxygen atoms in total. The van der Waals surface area contributed by atoms with Crippen LogP contribution in [0.25, 0.3) is 27.7 Å². The highest BCUT2D eigenvalue weighted by Gasteiger charge is 2.17. The van der Waals surface area contributed by atoms with E-state index in [9.17, 15) is 10.1 Å². The second-order valence-electron chi connectivity index (χ2n) is 8.32. The Balaban J connectivity index is 1.29. The zero-order valence-corrected chi connectivity index (χ0v) is 21.7. The third-order valence-corrected chi connectivity index (χ3v) is 7.83. The molecule has 3 heterocycles. The molecular weight excluding hydrogens is 490 g/mol. The largest absolute Gasteiger partial charge is 0.497 e. The van der Waals surface area contributed by atoms with E-state index in [4.69, 9.17) is 4.74 Å². The molecule has 2 aromatic carbocycles. The minimum atomic E-state index is -0.146. The summed E-state index contributed by atoms with van der Waals surface area (Å²) in [6, 6.07) is 18.0. The van der Waals surface area contributed by atoms with E-state index in [-0.39, 0.29) is 12.3 Å². The molecule has 5 aromatic rings. The smallest absolute Gasteiger partial charge is 0.225 e. The summed E-state index contributed by atoms with van der Waals surface area (Å²) in [7, 11) is 1.61. The van der Waals surface area contributed by atoms with Gasteiger partial charge in [0.1, 0.15) is 16.8 Å². The van der Waals surface area contributed by atoms with E-state index >= 15 is 0 Å². The Morgan fingerprint density at radius 1 is 1.17 bits per heavy atom. The number of fused-ring (bicyclic) bond motifs is 3. The number of benzene rings is 2. The van der Waals surface area contributed by atoms with E-state index in [0.29, 0.717) is 16.3 Å². The molecular formula is C27H23N5O2S2. The number of hydrogen-bond acceptors (Lipinski definition) is 7. The number of thioether (sulfide) groups is 1. The van der Waals surface area contributed by atoms with Crippen LogP contribution in [0.5, 0.6) is 5.75 Å². The molecule has 0 bridgehead atoms. The number of thiophene rings is 1. The van der Waals surface area contributed by atoms with Crippen LogP contribution >= 0.6 is 23.1 Å². The van der Waals surface area contributed by atoms with Gasteiger partial charge in [0.25, 0.3) is 0 Å². The maximum absolute atomic E-state index is 12.7. The lowest BCUT2D eigenvalue weighted by Crippen LogP contribution is -2.12. The summed E-state index contributed by atoms with van der Waals surface area (Å²) in [6.07, 6.45) is 0.281. The number of amides is 1. The summed E-state index contributed by atoms with van der Waals surface area (Å²) >= 11 is 2.85. The quantitative estimate of drug-likeness (QED) is 0.259. The number of hydrogen-bond donors (Lipinski definition) is 1. The number of carbonyl (C=O) groups excluding carboxylic acids is 1. The molecule has 0 saturated heterocycles. The van der Waals surface area contributed by atoms with Crippen molar-refractivity contribution in [3.05, 3.63) is 70.6 Å². The summed E-state index contributed by atoms with van der Waals surface area (Å²) in [5.41, 5.74) is 6.35. The van der Waals surface area contributed by atoms with Gasteiger partial charge in [0.15, 0.2) is 10.8 Å². The van der Waals surface area contributed by atoms with E-state index < -0.39 is 0 Å². The van der Waals surface area contributed by atoms with E-state index in [0.717, 1.165) is 49.7 Å². The van der Waals surface area contributed by atoms with Gasteiger partial charge in [-0.05, 0) is 48.7 Å². The molecule has 0 spiro atoms. The number of ether oxygens (including phenoxy) is 1. The minimum absolute atomic E-state index is 0.146. The first-order valence-corrected chi connectivity index (χ1v) is 13.2. The second kappa shape index (κ2) is 10.0. The van der Waals surface area contributed by atoms with E-state index in [1.54, 1.807) is 7.11 Å². The fourth-order valence-electron chi connectivity index (χ4n) is 4.19. The highest BCUT2D eigenvalue weighted by Crippen LogP contribution is 2.36. The van der Waals surface area contributed by atoms with Gasteiger partial charge in [0.05, 0.1) is 18.2 Å². The van der Waals surface area contributed by atoms with Crippen LogP contribution in [-0.2, 0) is 4.79 Å². The van der Waals surface area contributed by atoms with Crippen LogP contribution in [-0.4, -0.2) is 33.4 Å². The Hall–Kier alpha value is -3.87. The Bertz CT molecular complexity index is 1630. The molecule has 0 fully saturated rings. The number of aryl methyl sites for hydroxylation is 2. The lowest BCUT2D eigenvalue weighted by molar-refractivity contribution is -0.115. The number of anilines is 1. The van der Waals surface area contributed by atoms with Gasteiger partial charge in [0, 0.05) is 28.5 Å². The van der Waals surface area contributed by atoms with Crippen molar-refractivity contribution in [3.8, 4) is 22.9 Å². The molecule has 0 aliphatic heterocycles. The van der Waals surface area contributed by atoms with E-state index in [1.807, 2.05) is 35.7 Å². The molecule has 3 aromatic heterocycles. The highest BCUT2D eigenvalue weighted by atomic mass is 32.2. The van der Waals surface area contributed by atoms with Gasteiger partial charge in [-0.2, -0.15) is 5.26 Å². The normalized spacial score (nSPS) is 11.1. The molecule has 9 heteroatoms. The van der Waals surface area contributed by atoms with Gasteiger partial charge >= 0.3 is 0 Å². The summed E-state index contributed by atoms with van der Waals surface area (Å²) in [6.45, 7) is 4.16. The first-order chi connectivity index (χ1) is 17.5. The molecule has 0 atom stereocenters. The summed E-state index contributed by atoms with van der Waals surface area (Å²) < 4.78 is 7.27. The number of pyridine rings is 1. The maximum atomic E-state index is 12.7. The van der Waals surface area contributed by atoms with Crippen molar-refractivity contribution >= 4 is 50.6 Å². The first kappa shape index (κ1) is 23.9. The Morgan fingerprint density at radius 2 is 1.97 bits per heavy atom. The molecule has 0 aliphatic rings. The van der Waals surface area contributed by atoms with E-state index in [1.165, 1.54) is 23.1 Å². The number of nitriles is 1. The van der Waals surface area contributed by atoms with Crippen molar-refractivity contribution in [3.63, 3.8) is 0 Å². The van der Waals surface area contributed by atoms with Crippen molar-refractivity contribution in [1.82, 2.24) is 14.6 Å². The fourth-order valence-corrected chi connectivity index (χ4v) is 6.01. The molecule has 1 N–H and O–H groups in total. The van der Waals surface area contributed by atoms with Gasteiger partial charge < -0.3 is 10.1 Å². The molecule has 1 amide bonds. The number of rotatable bonds is 7. The van der Waals surface area contributed by atoms with Gasteiger partial charge in [0.2, 0.25) is 5.91 Å². The lowest BCUT2D eigenvalue weighted by atomic mass is 10.0. The molecule has 0 saturated carbocycles. The molecule has 0 aliphatic carbocycles. The van der Waals surface area contributed by atoms with Crippen LogP contribution in [0.3, 0.4) is 0 Å². The lowest BCUT2D eigenvalue weighted by Gasteiger charge is -2.10. The second-order valence-corrected chi connectivity index (χ2v) is 10.3. The zero-order chi connectivity index (χ0) is 25.2. The average molecular weight is 514 g/mol. The first-order valence-electron chi connectivity index (χ1n) is 11.3. The topological polar surface area (TPSA) is 92.3 Å². The van der Waals surface area contributed by atoms with Crippen molar-refractivity contribution in [2.75, 3.05) is 18.2 Å². The predicted molar refractivity (Wildman–Crippen MR) is 145 cm³/mol. The van der Waals surface area contributed by atoms with Gasteiger partial charge in [-0.1, -0.05) is 42.1 Å². The highest BCUT2D eigenvalue weighted by molar-refractivity contribution is 7.99. The van der Waals surface area contributed by atoms with Gasteiger partial charge in [-0.3, -0.25) is 9.20 Å². The molecule has 0 radical (unpaired) electrons. The number of para-hydroxylation sites is 1. The van der Waals surface area contributed by atoms with E-state index in [2.05, 4.69) is 58.0 Å². The average Bonchev–Trinajstić information content (AvgIpc) is 3.48. The Morgan fingerprint density at radius 3 is 2.72 bits per heavy atom. The summed E-state index contributed by atoms with van der Waals surface area (Å²) in [5.74, 6) is 1.14. The third-order valence-electron chi connectivity index (χ3n) is 6.01. The predicted octanol–water partition coefficient (Wildman–Crippen LogP) is 6.23. The number of nitrogens with one attached hydrogen (secondary N) is 1. The minimum Gasteiger partial charge on any atom is -0.497 e. The van der Waals surface area contributed by atoms with Crippen LogP contribution in [0.1, 0.15) is 23.1 Å². The number of nitrogens with zero attached hydrogens (tertiary/aromatic N) is 4. The van der Waals surface area contributed by atoms with Crippen molar-refractivity contribution in [1.29, 1.82) is 5.26 Å². The van der Waals surface area contributed by atoms with Crippen molar-refractivity contribution in [2.45, 2.75) is 25.4 Å². The van der Waals surface area contributed by atoms with Crippen molar-refractivity contribution in [2.24, 2.45) is 0 Å². The van der Waals surface area contributed by atoms with Gasteiger partial charge in [-0.25, -0.2) is 0 Å². The fraction of sp³-hybridized carbons (Fsp3) is 0.185. The molecule has 180 valence electrons. The number of methoxy groups -OCH3 is 1. The molecule has 5 rings (SSSR count). The van der Waals surface area contributed by atoms with Crippen LogP contribution in [0.4, 0.5) is 5.00 Å². The zero-order valence-electron chi connectivity index (χ0n) is 20.0. The Kier molecular flexibility index (Phi) is 6.63. The van der Waals surface area contributed by atoms with Crippen molar-refractivity contribution < 1.29 is 9.53 Å². The maximum Gasteiger partial charge on any atom is 0.225 e. The van der Waals surface area contributed by atoms with Crippen LogP contribution in [0.15, 0.2) is 59.1 Å². The van der Waals surface area contributed by atoms with Crippen LogP contribution < -0.4 is 10.1 Å². The van der Waals surface area contributed by atoms with Gasteiger partial charge in [-0.15, -0.1) is 21.5 Å². The monoisotopic (exact) mass is 513 g/mol. The Labute approximate surface area is 216 Å². The number of aromatic nitrogens is 3. The third kappa shape index (κ3) is 4.41. The standard InChI is InChI=1S/C27H23N5O2S2/c1-16-5-4-6-20-17(2)13-23-30-31-27(32(23)25(16)20)35-12-11-24(33)29-26-21(14-28)22(15-36-26)18-7-9-19(34-3)10-8-18/h4-10,13,15H,11-12H2,1-3H3,(H,29,33). The number of carbonyl (C=O) groups is 1. The summed E-state index contributed by atoms with van der Waals surface area (Å²) in [4.78, 5) is 12.7.